The van der Waals surface area contributed by atoms with Crippen molar-refractivity contribution >= 4 is 45.9 Å². The fraction of sp³-hybridized carbons (Fsp3) is 0.233. The van der Waals surface area contributed by atoms with Crippen LogP contribution in [0.4, 0.5) is 5.69 Å². The molecule has 3 N–H and O–H groups in total. The molecule has 4 aromatic rings. The van der Waals surface area contributed by atoms with E-state index in [0.717, 1.165) is 27.6 Å². The monoisotopic (exact) mass is 524 g/mol. The topological polar surface area (TPSA) is 94.3 Å². The highest BCUT2D eigenvalue weighted by Gasteiger charge is 2.70. The molecule has 190 valence electrons. The van der Waals surface area contributed by atoms with Crippen molar-refractivity contribution in [2.24, 2.45) is 11.8 Å². The van der Waals surface area contributed by atoms with Gasteiger partial charge in [-0.15, -0.1) is 0 Å². The van der Waals surface area contributed by atoms with Crippen LogP contribution in [-0.2, 0) is 32.9 Å². The van der Waals surface area contributed by atoms with E-state index in [1.165, 1.54) is 4.90 Å². The molecule has 7 nitrogen and oxygen atoms in total. The third-order valence-electron chi connectivity index (χ3n) is 8.38. The van der Waals surface area contributed by atoms with Crippen LogP contribution in [-0.4, -0.2) is 33.6 Å². The number of anilines is 1. The summed E-state index contributed by atoms with van der Waals surface area (Å²) in [5.74, 6) is -2.49. The van der Waals surface area contributed by atoms with Crippen LogP contribution >= 0.6 is 11.6 Å². The van der Waals surface area contributed by atoms with Gasteiger partial charge in [-0.25, -0.2) is 0 Å². The van der Waals surface area contributed by atoms with Crippen molar-refractivity contribution in [1.29, 1.82) is 0 Å². The first-order valence-electron chi connectivity index (χ1n) is 12.7. The van der Waals surface area contributed by atoms with E-state index in [1.807, 2.05) is 67.7 Å². The molecule has 2 saturated heterocycles. The quantitative estimate of drug-likeness (QED) is 0.347. The number of hydrogen-bond acceptors (Lipinski definition) is 4. The highest BCUT2D eigenvalue weighted by Crippen LogP contribution is 2.54. The number of amides is 3. The van der Waals surface area contributed by atoms with Crippen molar-refractivity contribution in [2.75, 3.05) is 5.32 Å². The lowest BCUT2D eigenvalue weighted by Crippen LogP contribution is -2.53. The Morgan fingerprint density at radius 1 is 0.974 bits per heavy atom. The van der Waals surface area contributed by atoms with Crippen LogP contribution in [0.2, 0.25) is 5.02 Å². The second-order valence-corrected chi connectivity index (χ2v) is 10.9. The van der Waals surface area contributed by atoms with E-state index in [2.05, 4.69) is 15.6 Å². The minimum absolute atomic E-state index is 0.171. The van der Waals surface area contributed by atoms with Gasteiger partial charge in [-0.1, -0.05) is 60.1 Å². The fourth-order valence-electron chi connectivity index (χ4n) is 6.73. The number of benzene rings is 3. The Morgan fingerprint density at radius 3 is 2.55 bits per heavy atom. The molecule has 0 aliphatic carbocycles. The molecule has 0 unspecified atom stereocenters. The highest BCUT2D eigenvalue weighted by atomic mass is 35.5. The molecule has 1 aromatic heterocycles. The zero-order valence-electron chi connectivity index (χ0n) is 20.6. The number of fused-ring (bicyclic) bond motifs is 5. The van der Waals surface area contributed by atoms with Gasteiger partial charge in [-0.2, -0.15) is 0 Å². The van der Waals surface area contributed by atoms with E-state index in [1.54, 1.807) is 12.1 Å². The summed E-state index contributed by atoms with van der Waals surface area (Å²) in [4.78, 5) is 46.6. The van der Waals surface area contributed by atoms with Gasteiger partial charge in [-0.05, 0) is 48.2 Å². The summed E-state index contributed by atoms with van der Waals surface area (Å²) >= 11 is 6.47. The lowest BCUT2D eigenvalue weighted by Gasteiger charge is -2.29. The van der Waals surface area contributed by atoms with Gasteiger partial charge in [0.15, 0.2) is 0 Å². The first kappa shape index (κ1) is 23.2. The number of nitrogens with one attached hydrogen (secondary N) is 3. The van der Waals surface area contributed by atoms with E-state index in [0.29, 0.717) is 22.7 Å². The zero-order valence-corrected chi connectivity index (χ0v) is 21.4. The number of carbonyl (C=O) groups excluding carboxylic acids is 3. The predicted octanol–water partition coefficient (Wildman–Crippen LogP) is 4.29. The molecular weight excluding hydrogens is 500 g/mol. The summed E-state index contributed by atoms with van der Waals surface area (Å²) in [5, 5.41) is 8.06. The van der Waals surface area contributed by atoms with Gasteiger partial charge in [0.25, 0.3) is 0 Å². The lowest BCUT2D eigenvalue weighted by molar-refractivity contribution is -0.143. The maximum Gasteiger partial charge on any atom is 0.250 e. The molecular formula is C30H25ClN4O3. The van der Waals surface area contributed by atoms with Crippen molar-refractivity contribution in [3.8, 4) is 0 Å². The molecule has 7 rings (SSSR count). The summed E-state index contributed by atoms with van der Waals surface area (Å²) in [6.45, 7) is 2.05. The number of aromatic amines is 1. The molecule has 4 heterocycles. The minimum Gasteiger partial charge on any atom is -0.361 e. The van der Waals surface area contributed by atoms with Gasteiger partial charge in [0, 0.05) is 39.4 Å². The maximum absolute atomic E-state index is 14.1. The van der Waals surface area contributed by atoms with E-state index >= 15 is 0 Å². The molecule has 0 radical (unpaired) electrons. The molecule has 2 fully saturated rings. The van der Waals surface area contributed by atoms with Gasteiger partial charge < -0.3 is 10.3 Å². The molecule has 3 aliphatic heterocycles. The number of para-hydroxylation sites is 1. The summed E-state index contributed by atoms with van der Waals surface area (Å²) in [6, 6.07) is 20.5. The number of imide groups is 1. The first-order valence-corrected chi connectivity index (χ1v) is 13.1. The molecule has 3 amide bonds. The number of carbonyl (C=O) groups is 3. The molecule has 1 spiro atoms. The average Bonchev–Trinajstić information content (AvgIpc) is 3.61. The molecule has 0 bridgehead atoms. The Kier molecular flexibility index (Phi) is 5.05. The van der Waals surface area contributed by atoms with Crippen LogP contribution in [0.3, 0.4) is 0 Å². The van der Waals surface area contributed by atoms with Gasteiger partial charge in [0.1, 0.15) is 5.54 Å². The van der Waals surface area contributed by atoms with Gasteiger partial charge in [0.2, 0.25) is 17.7 Å². The number of H-pyrrole nitrogens is 1. The summed E-state index contributed by atoms with van der Waals surface area (Å²) < 4.78 is 0. The van der Waals surface area contributed by atoms with Crippen LogP contribution in [0.25, 0.3) is 10.9 Å². The van der Waals surface area contributed by atoms with Crippen LogP contribution in [0, 0.1) is 18.8 Å². The van der Waals surface area contributed by atoms with Crippen molar-refractivity contribution < 1.29 is 14.4 Å². The van der Waals surface area contributed by atoms with E-state index in [9.17, 15) is 14.4 Å². The van der Waals surface area contributed by atoms with Crippen molar-refractivity contribution in [3.05, 3.63) is 100 Å². The van der Waals surface area contributed by atoms with Crippen LogP contribution in [0.1, 0.15) is 22.3 Å². The molecule has 4 atom stereocenters. The lowest BCUT2D eigenvalue weighted by atomic mass is 9.76. The molecule has 8 heteroatoms. The van der Waals surface area contributed by atoms with Crippen molar-refractivity contribution in [2.45, 2.75) is 31.5 Å². The van der Waals surface area contributed by atoms with E-state index < -0.39 is 23.4 Å². The number of hydrogen-bond donors (Lipinski definition) is 3. The number of aromatic nitrogens is 1. The maximum atomic E-state index is 14.1. The largest absolute Gasteiger partial charge is 0.361 e. The van der Waals surface area contributed by atoms with Crippen molar-refractivity contribution in [3.63, 3.8) is 0 Å². The number of halogens is 1. The Labute approximate surface area is 224 Å². The second-order valence-electron chi connectivity index (χ2n) is 10.5. The number of rotatable bonds is 4. The summed E-state index contributed by atoms with van der Waals surface area (Å²) in [7, 11) is 0. The summed E-state index contributed by atoms with van der Waals surface area (Å²) in [5.41, 5.74) is 3.60. The SMILES string of the molecule is Cc1cc(Cl)cc2c1NC(=O)[C@]21N[C@@H](Cc2c[nH]c3ccccc23)[C@H]2C(=O)N(Cc3ccccc3)C(=O)[C@H]21. The number of nitrogens with zero attached hydrogens (tertiary/aromatic N) is 1. The Balaban J connectivity index is 1.36. The fourth-order valence-corrected chi connectivity index (χ4v) is 7.00. The molecule has 38 heavy (non-hydrogen) atoms. The Hall–Kier alpha value is -3.94. The van der Waals surface area contributed by atoms with Gasteiger partial charge >= 0.3 is 0 Å². The molecule has 0 saturated carbocycles. The Bertz CT molecular complexity index is 1650. The highest BCUT2D eigenvalue weighted by molar-refractivity contribution is 6.31. The molecule has 3 aliphatic rings. The van der Waals surface area contributed by atoms with Crippen LogP contribution in [0.5, 0.6) is 0 Å². The third-order valence-corrected chi connectivity index (χ3v) is 8.59. The second kappa shape index (κ2) is 8.28. The van der Waals surface area contributed by atoms with Gasteiger partial charge in [-0.3, -0.25) is 24.6 Å². The average molecular weight is 525 g/mol. The summed E-state index contributed by atoms with van der Waals surface area (Å²) in [6.07, 6.45) is 2.42. The van der Waals surface area contributed by atoms with Crippen molar-refractivity contribution in [1.82, 2.24) is 15.2 Å². The zero-order chi connectivity index (χ0) is 26.2. The van der Waals surface area contributed by atoms with E-state index in [-0.39, 0.29) is 24.3 Å². The standard InChI is InChI=1S/C30H25ClN4O3/c1-16-11-19(31)13-21-26(16)33-29(38)30(21)25-24(27(36)35(28(25)37)15-17-7-3-2-4-8-17)23(34-30)12-18-14-32-22-10-6-5-9-20(18)22/h2-11,13-14,23-25,32,34H,12,15H2,1H3,(H,33,38)/t23-,24+,25-,30-/m0/s1. The third kappa shape index (κ3) is 3.15. The minimum atomic E-state index is -1.38. The van der Waals surface area contributed by atoms with Crippen LogP contribution < -0.4 is 10.6 Å². The first-order chi connectivity index (χ1) is 18.4. The predicted molar refractivity (Wildman–Crippen MR) is 144 cm³/mol. The normalized spacial score (nSPS) is 25.9. The smallest absolute Gasteiger partial charge is 0.250 e. The van der Waals surface area contributed by atoms with E-state index in [4.69, 9.17) is 11.6 Å². The number of aryl methyl sites for hydroxylation is 1. The molecule has 3 aromatic carbocycles. The number of likely N-dealkylation sites (tertiary alicyclic amines) is 1. The van der Waals surface area contributed by atoms with Gasteiger partial charge in [0.05, 0.1) is 18.4 Å². The Morgan fingerprint density at radius 2 is 1.74 bits per heavy atom. The van der Waals surface area contributed by atoms with Crippen LogP contribution in [0.15, 0.2) is 72.9 Å².